The zero-order chi connectivity index (χ0) is 23.4. The number of hydrogen-bond acceptors (Lipinski definition) is 5. The highest BCUT2D eigenvalue weighted by atomic mass is 35.5. The highest BCUT2D eigenvalue weighted by Gasteiger charge is 2.28. The number of benzene rings is 1. The molecular formula is C22H24Cl2N6O3. The third kappa shape index (κ3) is 3.50. The first-order valence-corrected chi connectivity index (χ1v) is 11.5. The van der Waals surface area contributed by atoms with E-state index >= 15 is 0 Å². The van der Waals surface area contributed by atoms with Crippen LogP contribution in [0.15, 0.2) is 27.8 Å². The van der Waals surface area contributed by atoms with Crippen molar-refractivity contribution in [2.75, 3.05) is 13.2 Å². The van der Waals surface area contributed by atoms with E-state index < -0.39 is 11.2 Å². The standard InChI is InChI=1S/C22H24Cl2N6O3/c1-28-18-20(27-19(28)17(25)11-6-8-33-9-7-11)29(2)22(32)30(21(18)31)10-14-16(24)15-12(23)4-3-5-13(15)26-14/h3-5,11,17,26H,6-10,25H2,1-2H3. The molecule has 1 aliphatic rings. The fraction of sp³-hybridized carbons (Fsp3) is 0.409. The van der Waals surface area contributed by atoms with Gasteiger partial charge in [0.1, 0.15) is 5.82 Å². The summed E-state index contributed by atoms with van der Waals surface area (Å²) in [7, 11) is 3.36. The summed E-state index contributed by atoms with van der Waals surface area (Å²) in [6.07, 6.45) is 1.66. The van der Waals surface area contributed by atoms with Crippen molar-refractivity contribution in [2.24, 2.45) is 25.7 Å². The van der Waals surface area contributed by atoms with Crippen LogP contribution in [0, 0.1) is 5.92 Å². The lowest BCUT2D eigenvalue weighted by Gasteiger charge is -2.27. The van der Waals surface area contributed by atoms with Crippen molar-refractivity contribution in [3.63, 3.8) is 0 Å². The van der Waals surface area contributed by atoms with E-state index in [1.54, 1.807) is 30.8 Å². The predicted molar refractivity (Wildman–Crippen MR) is 128 cm³/mol. The van der Waals surface area contributed by atoms with Gasteiger partial charge in [0.25, 0.3) is 5.56 Å². The Balaban J connectivity index is 1.63. The topological polar surface area (TPSA) is 113 Å². The van der Waals surface area contributed by atoms with Crippen molar-refractivity contribution in [1.29, 1.82) is 0 Å². The molecule has 1 unspecified atom stereocenters. The van der Waals surface area contributed by atoms with Crippen LogP contribution in [-0.4, -0.2) is 36.9 Å². The molecule has 3 N–H and O–H groups in total. The second kappa shape index (κ2) is 8.32. The monoisotopic (exact) mass is 490 g/mol. The molecule has 11 heteroatoms. The molecule has 0 aliphatic carbocycles. The van der Waals surface area contributed by atoms with E-state index in [1.165, 1.54) is 4.57 Å². The lowest BCUT2D eigenvalue weighted by atomic mass is 9.92. The van der Waals surface area contributed by atoms with Gasteiger partial charge in [-0.25, -0.2) is 9.78 Å². The molecule has 1 saturated heterocycles. The normalized spacial score (nSPS) is 16.2. The molecule has 33 heavy (non-hydrogen) atoms. The number of H-pyrrole nitrogens is 1. The Morgan fingerprint density at radius 3 is 2.64 bits per heavy atom. The lowest BCUT2D eigenvalue weighted by Crippen LogP contribution is -2.40. The zero-order valence-corrected chi connectivity index (χ0v) is 19.8. The average molecular weight is 491 g/mol. The van der Waals surface area contributed by atoms with Crippen LogP contribution >= 0.6 is 23.2 Å². The van der Waals surface area contributed by atoms with Gasteiger partial charge in [0.05, 0.1) is 28.3 Å². The van der Waals surface area contributed by atoms with E-state index in [0.29, 0.717) is 51.3 Å². The molecule has 1 aliphatic heterocycles. The Kier molecular flexibility index (Phi) is 5.60. The van der Waals surface area contributed by atoms with Gasteiger partial charge in [0.15, 0.2) is 11.2 Å². The molecule has 0 saturated carbocycles. The first-order chi connectivity index (χ1) is 15.8. The van der Waals surface area contributed by atoms with E-state index in [9.17, 15) is 9.59 Å². The fourth-order valence-corrected chi connectivity index (χ4v) is 5.30. The Bertz CT molecular complexity index is 1490. The Morgan fingerprint density at radius 2 is 1.94 bits per heavy atom. The summed E-state index contributed by atoms with van der Waals surface area (Å²) in [6.45, 7) is 1.28. The summed E-state index contributed by atoms with van der Waals surface area (Å²) in [5.74, 6) is 0.778. The second-order valence-corrected chi connectivity index (χ2v) is 9.27. The van der Waals surface area contributed by atoms with Gasteiger partial charge in [0, 0.05) is 38.2 Å². The van der Waals surface area contributed by atoms with Crippen molar-refractivity contribution in [3.8, 4) is 0 Å². The van der Waals surface area contributed by atoms with Crippen molar-refractivity contribution < 1.29 is 4.74 Å². The molecule has 174 valence electrons. The number of halogens is 2. The fourth-order valence-electron chi connectivity index (χ4n) is 4.67. The number of hydrogen-bond donors (Lipinski definition) is 2. The molecule has 5 rings (SSSR count). The van der Waals surface area contributed by atoms with Gasteiger partial charge in [-0.1, -0.05) is 29.3 Å². The van der Waals surface area contributed by atoms with E-state index in [-0.39, 0.29) is 18.5 Å². The van der Waals surface area contributed by atoms with Gasteiger partial charge >= 0.3 is 5.69 Å². The molecule has 4 heterocycles. The van der Waals surface area contributed by atoms with Crippen LogP contribution < -0.4 is 17.0 Å². The molecule has 0 radical (unpaired) electrons. The Labute approximate surface area is 198 Å². The van der Waals surface area contributed by atoms with Gasteiger partial charge in [-0.3, -0.25) is 13.9 Å². The first-order valence-electron chi connectivity index (χ1n) is 10.7. The molecule has 4 aromatic rings. The van der Waals surface area contributed by atoms with Gasteiger partial charge in [-0.2, -0.15) is 0 Å². The third-order valence-corrected chi connectivity index (χ3v) is 7.30. The van der Waals surface area contributed by atoms with Gasteiger partial charge in [0.2, 0.25) is 0 Å². The lowest BCUT2D eigenvalue weighted by molar-refractivity contribution is 0.0572. The minimum atomic E-state index is -0.488. The van der Waals surface area contributed by atoms with E-state index in [2.05, 4.69) is 9.97 Å². The smallest absolute Gasteiger partial charge is 0.332 e. The van der Waals surface area contributed by atoms with E-state index in [4.69, 9.17) is 33.7 Å². The van der Waals surface area contributed by atoms with Crippen LogP contribution in [0.5, 0.6) is 0 Å². The molecule has 0 amide bonds. The summed E-state index contributed by atoms with van der Waals surface area (Å²) >= 11 is 12.8. The van der Waals surface area contributed by atoms with Crippen molar-refractivity contribution in [3.05, 3.63) is 60.6 Å². The van der Waals surface area contributed by atoms with Crippen LogP contribution in [0.2, 0.25) is 10.0 Å². The minimum absolute atomic E-state index is 0.0299. The highest BCUT2D eigenvalue weighted by Crippen LogP contribution is 2.33. The number of nitrogens with zero attached hydrogens (tertiary/aromatic N) is 4. The predicted octanol–water partition coefficient (Wildman–Crippen LogP) is 2.70. The highest BCUT2D eigenvalue weighted by molar-refractivity contribution is 6.42. The number of imidazole rings is 1. The van der Waals surface area contributed by atoms with Gasteiger partial charge in [-0.05, 0) is 30.9 Å². The van der Waals surface area contributed by atoms with Crippen molar-refractivity contribution >= 4 is 45.3 Å². The Hall–Kier alpha value is -2.59. The quantitative estimate of drug-likeness (QED) is 0.456. The summed E-state index contributed by atoms with van der Waals surface area (Å²) < 4.78 is 9.67. The van der Waals surface area contributed by atoms with Crippen LogP contribution in [0.25, 0.3) is 22.1 Å². The van der Waals surface area contributed by atoms with E-state index in [1.807, 2.05) is 6.07 Å². The molecule has 0 bridgehead atoms. The van der Waals surface area contributed by atoms with Crippen LogP contribution in [0.1, 0.15) is 30.4 Å². The first kappa shape index (κ1) is 22.2. The largest absolute Gasteiger partial charge is 0.381 e. The maximum atomic E-state index is 13.5. The summed E-state index contributed by atoms with van der Waals surface area (Å²) in [6, 6.07) is 5.02. The van der Waals surface area contributed by atoms with Crippen molar-refractivity contribution in [2.45, 2.75) is 25.4 Å². The maximum absolute atomic E-state index is 13.5. The summed E-state index contributed by atoms with van der Waals surface area (Å²) in [5, 5.41) is 1.54. The molecule has 0 spiro atoms. The van der Waals surface area contributed by atoms with E-state index in [0.717, 1.165) is 22.9 Å². The number of fused-ring (bicyclic) bond motifs is 2. The third-order valence-electron chi connectivity index (χ3n) is 6.57. The minimum Gasteiger partial charge on any atom is -0.381 e. The molecular weight excluding hydrogens is 467 g/mol. The molecule has 1 fully saturated rings. The molecule has 1 atom stereocenters. The van der Waals surface area contributed by atoms with Crippen molar-refractivity contribution in [1.82, 2.24) is 23.7 Å². The molecule has 9 nitrogen and oxygen atoms in total. The number of aryl methyl sites for hydroxylation is 2. The number of nitrogens with one attached hydrogen (secondary N) is 1. The summed E-state index contributed by atoms with van der Waals surface area (Å²) in [4.78, 5) is 34.4. The number of aromatic amines is 1. The average Bonchev–Trinajstić information content (AvgIpc) is 3.33. The number of aromatic nitrogens is 5. The van der Waals surface area contributed by atoms with Crippen LogP contribution in [0.3, 0.4) is 0 Å². The number of ether oxygens (including phenoxy) is 1. The molecule has 1 aromatic carbocycles. The number of nitrogens with two attached hydrogens (primary N) is 1. The number of rotatable bonds is 4. The van der Waals surface area contributed by atoms with Gasteiger partial charge in [-0.15, -0.1) is 0 Å². The SMILES string of the molecule is Cn1c(C(N)C2CCOCC2)nc2c1c(=O)n(Cc1[nH]c3cccc(Cl)c3c1Cl)c(=O)n2C. The van der Waals surface area contributed by atoms with Gasteiger partial charge < -0.3 is 20.0 Å². The maximum Gasteiger partial charge on any atom is 0.332 e. The van der Waals surface area contributed by atoms with Crippen LogP contribution in [0.4, 0.5) is 0 Å². The second-order valence-electron chi connectivity index (χ2n) is 8.49. The zero-order valence-electron chi connectivity index (χ0n) is 18.3. The van der Waals surface area contributed by atoms with Crippen LogP contribution in [-0.2, 0) is 25.4 Å². The Morgan fingerprint density at radius 1 is 1.21 bits per heavy atom. The molecule has 3 aromatic heterocycles. The summed E-state index contributed by atoms with van der Waals surface area (Å²) in [5.41, 5.74) is 7.50.